The molecule has 1 aromatic heterocycles. The van der Waals surface area contributed by atoms with E-state index in [1.807, 2.05) is 48.5 Å². The number of rotatable bonds is 8. The van der Waals surface area contributed by atoms with Gasteiger partial charge in [-0.05, 0) is 29.7 Å². The number of benzene rings is 2. The van der Waals surface area contributed by atoms with Crippen LogP contribution in [0.3, 0.4) is 0 Å². The number of hydrogen-bond acceptors (Lipinski definition) is 9. The van der Waals surface area contributed by atoms with Crippen LogP contribution in [0.4, 0.5) is 18.0 Å². The van der Waals surface area contributed by atoms with E-state index < -0.39 is 60.7 Å². The topological polar surface area (TPSA) is 99.5 Å². The summed E-state index contributed by atoms with van der Waals surface area (Å²) in [6, 6.07) is 13.5. The standard InChI is InChI=1S/C29H28F3N3O7S/c1-18(29(30,31)32)33-16-35(24-20-8-4-3-7-19(20)15-43-23-10-6-5-9-21(23)24)34-12-11-22(36)26(25(34)27(33)37)41-17-42-28(38)40-14-13-39-2/h3-12,18,24H,13-17H2,1-2H3/t18?,24-/m0/s1. The fraction of sp³-hybridized carbons (Fsp3) is 0.345. The molecular weight excluding hydrogens is 591 g/mol. The van der Waals surface area contributed by atoms with Crippen LogP contribution < -0.4 is 15.2 Å². The normalized spacial score (nSPS) is 16.9. The van der Waals surface area contributed by atoms with Gasteiger partial charge in [0.1, 0.15) is 19.3 Å². The Labute approximate surface area is 248 Å². The van der Waals surface area contributed by atoms with Crippen molar-refractivity contribution in [3.05, 3.63) is 93.4 Å². The summed E-state index contributed by atoms with van der Waals surface area (Å²) in [6.07, 6.45) is -4.54. The Bertz CT molecular complexity index is 1520. The van der Waals surface area contributed by atoms with Gasteiger partial charge >= 0.3 is 12.3 Å². The number of hydrogen-bond donors (Lipinski definition) is 0. The average molecular weight is 620 g/mol. The van der Waals surface area contributed by atoms with Crippen molar-refractivity contribution < 1.29 is 41.7 Å². The number of ether oxygens (including phenoxy) is 4. The Morgan fingerprint density at radius 3 is 2.49 bits per heavy atom. The molecule has 43 heavy (non-hydrogen) atoms. The molecule has 2 atom stereocenters. The van der Waals surface area contributed by atoms with Crippen molar-refractivity contribution >= 4 is 23.8 Å². The fourth-order valence-corrected chi connectivity index (χ4v) is 6.06. The van der Waals surface area contributed by atoms with Gasteiger partial charge in [-0.1, -0.05) is 42.5 Å². The molecule has 0 radical (unpaired) electrons. The van der Waals surface area contributed by atoms with Gasteiger partial charge < -0.3 is 23.8 Å². The third-order valence-electron chi connectivity index (χ3n) is 7.15. The van der Waals surface area contributed by atoms with E-state index >= 15 is 0 Å². The highest BCUT2D eigenvalue weighted by atomic mass is 32.2. The van der Waals surface area contributed by atoms with Gasteiger partial charge in [-0.15, -0.1) is 11.8 Å². The molecule has 228 valence electrons. The van der Waals surface area contributed by atoms with E-state index in [9.17, 15) is 27.6 Å². The zero-order chi connectivity index (χ0) is 30.7. The van der Waals surface area contributed by atoms with Crippen LogP contribution in [0.15, 0.2) is 70.5 Å². The van der Waals surface area contributed by atoms with E-state index in [0.717, 1.165) is 34.6 Å². The van der Waals surface area contributed by atoms with Gasteiger partial charge in [-0.3, -0.25) is 19.3 Å². The van der Waals surface area contributed by atoms with Gasteiger partial charge in [-0.25, -0.2) is 4.79 Å². The maximum Gasteiger partial charge on any atom is 0.511 e. The summed E-state index contributed by atoms with van der Waals surface area (Å²) in [5, 5.41) is 1.61. The molecule has 0 saturated carbocycles. The molecule has 0 spiro atoms. The first kappa shape index (κ1) is 30.3. The Morgan fingerprint density at radius 2 is 1.74 bits per heavy atom. The van der Waals surface area contributed by atoms with Gasteiger partial charge in [0.05, 0.1) is 12.6 Å². The number of aromatic nitrogens is 1. The molecule has 2 aromatic carbocycles. The number of halogens is 3. The molecule has 10 nitrogen and oxygen atoms in total. The molecular formula is C29H28F3N3O7S. The minimum absolute atomic E-state index is 0.0981. The van der Waals surface area contributed by atoms with E-state index in [-0.39, 0.29) is 13.2 Å². The van der Waals surface area contributed by atoms with Gasteiger partial charge in [0, 0.05) is 30.0 Å². The number of nitrogens with zero attached hydrogens (tertiary/aromatic N) is 3. The molecule has 1 unspecified atom stereocenters. The smallest absolute Gasteiger partial charge is 0.451 e. The van der Waals surface area contributed by atoms with Crippen molar-refractivity contribution in [2.24, 2.45) is 0 Å². The predicted octanol–water partition coefficient (Wildman–Crippen LogP) is 4.68. The lowest BCUT2D eigenvalue weighted by Gasteiger charge is -2.46. The van der Waals surface area contributed by atoms with Crippen LogP contribution in [0.1, 0.15) is 40.1 Å². The average Bonchev–Trinajstić information content (AvgIpc) is 3.15. The summed E-state index contributed by atoms with van der Waals surface area (Å²) in [5.41, 5.74) is 1.41. The molecule has 2 aliphatic heterocycles. The first-order chi connectivity index (χ1) is 20.6. The molecule has 0 saturated heterocycles. The molecule has 5 rings (SSSR count). The molecule has 1 amide bonds. The highest BCUT2D eigenvalue weighted by molar-refractivity contribution is 7.98. The minimum atomic E-state index is -4.76. The lowest BCUT2D eigenvalue weighted by atomic mass is 9.94. The summed E-state index contributed by atoms with van der Waals surface area (Å²) in [7, 11) is 1.41. The third kappa shape index (κ3) is 6.15. The molecule has 3 heterocycles. The van der Waals surface area contributed by atoms with Crippen LogP contribution in [0.5, 0.6) is 5.75 Å². The zero-order valence-electron chi connectivity index (χ0n) is 23.2. The van der Waals surface area contributed by atoms with Gasteiger partial charge in [-0.2, -0.15) is 13.2 Å². The lowest BCUT2D eigenvalue weighted by molar-refractivity contribution is -0.173. The van der Waals surface area contributed by atoms with Crippen molar-refractivity contribution in [2.45, 2.75) is 35.8 Å². The monoisotopic (exact) mass is 619 g/mol. The van der Waals surface area contributed by atoms with E-state index in [2.05, 4.69) is 0 Å². The number of amides is 1. The molecule has 3 aromatic rings. The van der Waals surface area contributed by atoms with Gasteiger partial charge in [0.15, 0.2) is 5.69 Å². The fourth-order valence-electron chi connectivity index (χ4n) is 4.96. The van der Waals surface area contributed by atoms with E-state index in [1.54, 1.807) is 16.8 Å². The van der Waals surface area contributed by atoms with E-state index in [0.29, 0.717) is 10.7 Å². The number of carbonyl (C=O) groups excluding carboxylic acids is 2. The second kappa shape index (κ2) is 12.6. The van der Waals surface area contributed by atoms with Crippen molar-refractivity contribution in [2.75, 3.05) is 38.8 Å². The quantitative estimate of drug-likeness (QED) is 0.202. The molecule has 14 heteroatoms. The van der Waals surface area contributed by atoms with Crippen LogP contribution in [0.25, 0.3) is 0 Å². The van der Waals surface area contributed by atoms with Crippen LogP contribution >= 0.6 is 11.8 Å². The summed E-state index contributed by atoms with van der Waals surface area (Å²) < 4.78 is 63.5. The van der Waals surface area contributed by atoms with Gasteiger partial charge in [0.25, 0.3) is 5.91 Å². The summed E-state index contributed by atoms with van der Waals surface area (Å²) >= 11 is 1.60. The Balaban J connectivity index is 1.62. The number of methoxy groups -OCH3 is 1. The molecule has 2 aliphatic rings. The lowest BCUT2D eigenvalue weighted by Crippen LogP contribution is -2.60. The summed E-state index contributed by atoms with van der Waals surface area (Å²) in [4.78, 5) is 40.2. The van der Waals surface area contributed by atoms with Crippen LogP contribution in [0, 0.1) is 0 Å². The van der Waals surface area contributed by atoms with Crippen LogP contribution in [-0.2, 0) is 20.0 Å². The van der Waals surface area contributed by atoms with Crippen molar-refractivity contribution in [3.8, 4) is 5.75 Å². The number of alkyl halides is 3. The summed E-state index contributed by atoms with van der Waals surface area (Å²) in [5.74, 6) is -1.01. The molecule has 0 bridgehead atoms. The predicted molar refractivity (Wildman–Crippen MR) is 150 cm³/mol. The van der Waals surface area contributed by atoms with Crippen LogP contribution in [0.2, 0.25) is 0 Å². The van der Waals surface area contributed by atoms with Crippen molar-refractivity contribution in [1.82, 2.24) is 9.58 Å². The Kier molecular flexibility index (Phi) is 8.87. The molecule has 0 N–H and O–H groups in total. The Hall–Kier alpha value is -4.17. The molecule has 0 fully saturated rings. The van der Waals surface area contributed by atoms with Crippen molar-refractivity contribution in [1.29, 1.82) is 0 Å². The number of fused-ring (bicyclic) bond motifs is 3. The second-order valence-corrected chi connectivity index (χ2v) is 10.7. The Morgan fingerprint density at radius 1 is 1.02 bits per heavy atom. The SMILES string of the molecule is COCCOC(=O)OCOc1c2n(ccc1=O)N([C@H]1c3ccccc3CSc3ccccc31)CN(C(C)C(F)(F)F)C2=O. The summed E-state index contributed by atoms with van der Waals surface area (Å²) in [6.45, 7) is -0.371. The number of thioether (sulfide) groups is 1. The highest BCUT2D eigenvalue weighted by Crippen LogP contribution is 2.43. The van der Waals surface area contributed by atoms with E-state index in [1.165, 1.54) is 18.0 Å². The zero-order valence-corrected chi connectivity index (χ0v) is 24.0. The minimum Gasteiger partial charge on any atom is -0.451 e. The maximum atomic E-state index is 14.1. The molecule has 0 aliphatic carbocycles. The first-order valence-electron chi connectivity index (χ1n) is 13.2. The largest absolute Gasteiger partial charge is 0.511 e. The van der Waals surface area contributed by atoms with E-state index in [4.69, 9.17) is 18.9 Å². The van der Waals surface area contributed by atoms with Crippen molar-refractivity contribution in [3.63, 3.8) is 0 Å². The number of carbonyl (C=O) groups is 2. The first-order valence-corrected chi connectivity index (χ1v) is 14.2. The van der Waals surface area contributed by atoms with Gasteiger partial charge in [0.2, 0.25) is 18.0 Å². The maximum absolute atomic E-state index is 14.1. The third-order valence-corrected chi connectivity index (χ3v) is 8.28. The highest BCUT2D eigenvalue weighted by Gasteiger charge is 2.47. The van der Waals surface area contributed by atoms with Crippen LogP contribution in [-0.4, -0.2) is 67.6 Å². The number of pyridine rings is 1. The second-order valence-electron chi connectivity index (χ2n) is 9.70.